The summed E-state index contributed by atoms with van der Waals surface area (Å²) < 4.78 is 0. The van der Waals surface area contributed by atoms with Crippen LogP contribution in [0.15, 0.2) is 18.2 Å². The first-order valence-corrected chi connectivity index (χ1v) is 3.97. The molecule has 0 bridgehead atoms. The lowest BCUT2D eigenvalue weighted by molar-refractivity contribution is -0.384. The predicted octanol–water partition coefficient (Wildman–Crippen LogP) is 2.21. The van der Waals surface area contributed by atoms with Gasteiger partial charge in [-0.25, -0.2) is 0 Å². The number of halogens is 1. The zero-order valence-electron chi connectivity index (χ0n) is 5.90. The second-order valence-electron chi connectivity index (χ2n) is 2.11. The second-order valence-corrected chi connectivity index (χ2v) is 2.57. The molecule has 0 saturated heterocycles. The Hall–Kier alpha value is -1.10. The van der Waals surface area contributed by atoms with Gasteiger partial charge in [0.2, 0.25) is 0 Å². The molecule has 1 aromatic carbocycles. The van der Waals surface area contributed by atoms with Crippen LogP contribution in [0.5, 0.6) is 5.75 Å². The van der Waals surface area contributed by atoms with Crippen LogP contribution in [0.3, 0.4) is 0 Å². The van der Waals surface area contributed by atoms with Crippen molar-refractivity contribution in [3.8, 4) is 5.75 Å². The number of nitrogens with zero attached hydrogens (tertiary/aromatic N) is 1. The van der Waals surface area contributed by atoms with E-state index in [1.807, 2.05) is 0 Å². The number of hydrogen-bond donors (Lipinski definition) is 1. The maximum atomic E-state index is 10.3. The summed E-state index contributed by atoms with van der Waals surface area (Å²) in [5.74, 6) is 0.0116. The highest BCUT2D eigenvalue weighted by molar-refractivity contribution is 9.10. The average molecular weight is 231 g/mol. The molecule has 1 aromatic rings. The summed E-state index contributed by atoms with van der Waals surface area (Å²) in [5, 5.41) is 20.8. The van der Waals surface area contributed by atoms with Crippen molar-refractivity contribution < 1.29 is 10.0 Å². The molecule has 0 amide bonds. The van der Waals surface area contributed by atoms with Gasteiger partial charge in [-0.1, -0.05) is 15.9 Å². The molecule has 1 N–H and O–H groups in total. The van der Waals surface area contributed by atoms with E-state index in [9.17, 15) is 10.1 Å². The van der Waals surface area contributed by atoms with Crippen LogP contribution in [0.25, 0.3) is 0 Å². The van der Waals surface area contributed by atoms with E-state index >= 15 is 0 Å². The van der Waals surface area contributed by atoms with Crippen LogP contribution in [-0.2, 0) is 0 Å². The van der Waals surface area contributed by atoms with Crippen LogP contribution in [0, 0.1) is 15.4 Å². The van der Waals surface area contributed by atoms with Gasteiger partial charge in [-0.15, -0.1) is 0 Å². The molecule has 0 spiro atoms. The van der Waals surface area contributed by atoms with E-state index in [2.05, 4.69) is 15.9 Å². The van der Waals surface area contributed by atoms with Crippen LogP contribution in [0.4, 0.5) is 5.69 Å². The topological polar surface area (TPSA) is 63.4 Å². The molecule has 0 saturated carbocycles. The Labute approximate surface area is 77.1 Å². The van der Waals surface area contributed by atoms with Gasteiger partial charge in [0.1, 0.15) is 5.75 Å². The normalized spacial score (nSPS) is 9.75. The molecule has 12 heavy (non-hydrogen) atoms. The number of phenolic OH excluding ortho intramolecular Hbond substituents is 1. The highest BCUT2D eigenvalue weighted by Gasteiger charge is 2.08. The molecule has 63 valence electrons. The first kappa shape index (κ1) is 8.99. The smallest absolute Gasteiger partial charge is 0.270 e. The highest BCUT2D eigenvalue weighted by atomic mass is 79.9. The monoisotopic (exact) mass is 230 g/mol. The molecule has 0 heterocycles. The van der Waals surface area contributed by atoms with E-state index in [0.717, 1.165) is 0 Å². The Morgan fingerprint density at radius 1 is 1.58 bits per heavy atom. The van der Waals surface area contributed by atoms with Gasteiger partial charge < -0.3 is 5.11 Å². The second kappa shape index (κ2) is 3.53. The van der Waals surface area contributed by atoms with Gasteiger partial charge in [-0.2, -0.15) is 0 Å². The summed E-state index contributed by atoms with van der Waals surface area (Å²) in [5.41, 5.74) is 0.350. The van der Waals surface area contributed by atoms with Crippen LogP contribution < -0.4 is 0 Å². The third kappa shape index (κ3) is 1.73. The summed E-state index contributed by atoms with van der Waals surface area (Å²) >= 11 is 2.98. The fourth-order valence-electron chi connectivity index (χ4n) is 0.743. The van der Waals surface area contributed by atoms with Crippen LogP contribution in [0.1, 0.15) is 5.56 Å². The molecule has 0 aromatic heterocycles. The molecule has 0 unspecified atom stereocenters. The lowest BCUT2D eigenvalue weighted by Gasteiger charge is -1.98. The number of benzene rings is 1. The third-order valence-corrected chi connectivity index (χ3v) is 1.83. The Kier molecular flexibility index (Phi) is 2.65. The number of rotatable bonds is 2. The zero-order valence-corrected chi connectivity index (χ0v) is 7.48. The average Bonchev–Trinajstić information content (AvgIpc) is 2.05. The van der Waals surface area contributed by atoms with Gasteiger partial charge in [0.05, 0.1) is 10.3 Å². The molecule has 0 atom stereocenters. The van der Waals surface area contributed by atoms with Crippen molar-refractivity contribution in [1.29, 1.82) is 0 Å². The molecule has 0 aliphatic heterocycles. The Morgan fingerprint density at radius 2 is 2.25 bits per heavy atom. The summed E-state index contributed by atoms with van der Waals surface area (Å²) in [7, 11) is 0. The first-order chi connectivity index (χ1) is 5.65. The summed E-state index contributed by atoms with van der Waals surface area (Å²) in [6, 6.07) is 3.81. The van der Waals surface area contributed by atoms with Gasteiger partial charge in [0, 0.05) is 17.7 Å². The van der Waals surface area contributed by atoms with E-state index in [1.54, 1.807) is 0 Å². The molecular weight excluding hydrogens is 226 g/mol. The maximum Gasteiger partial charge on any atom is 0.270 e. The molecule has 4 nitrogen and oxygen atoms in total. The standard InChI is InChI=1S/C7H5BrNO3/c8-4-5-3-6(9(11)12)1-2-7(5)10/h1-4,10H. The minimum Gasteiger partial charge on any atom is -0.508 e. The Bertz CT molecular complexity index is 314. The first-order valence-electron chi connectivity index (χ1n) is 3.06. The Balaban J connectivity index is 3.13. The van der Waals surface area contributed by atoms with Gasteiger partial charge in [0.15, 0.2) is 0 Å². The number of phenols is 1. The van der Waals surface area contributed by atoms with Crippen molar-refractivity contribution in [3.63, 3.8) is 0 Å². The van der Waals surface area contributed by atoms with Gasteiger partial charge in [0.25, 0.3) is 5.69 Å². The van der Waals surface area contributed by atoms with E-state index in [1.165, 1.54) is 23.5 Å². The Morgan fingerprint density at radius 3 is 2.75 bits per heavy atom. The van der Waals surface area contributed by atoms with Crippen molar-refractivity contribution >= 4 is 21.6 Å². The fourth-order valence-corrected chi connectivity index (χ4v) is 1.11. The molecule has 1 radical (unpaired) electrons. The molecule has 5 heteroatoms. The van der Waals surface area contributed by atoms with Crippen molar-refractivity contribution in [2.24, 2.45) is 0 Å². The van der Waals surface area contributed by atoms with Crippen molar-refractivity contribution in [2.75, 3.05) is 0 Å². The van der Waals surface area contributed by atoms with E-state index in [4.69, 9.17) is 5.11 Å². The molecule has 0 aliphatic carbocycles. The highest BCUT2D eigenvalue weighted by Crippen LogP contribution is 2.25. The quantitative estimate of drug-likeness (QED) is 0.626. The predicted molar refractivity (Wildman–Crippen MR) is 47.1 cm³/mol. The fraction of sp³-hybridized carbons (Fsp3) is 0. The van der Waals surface area contributed by atoms with Crippen LogP contribution in [0.2, 0.25) is 0 Å². The SMILES string of the molecule is O=[N+]([O-])c1ccc(O)c([CH]Br)c1. The minimum absolute atomic E-state index is 0.0116. The van der Waals surface area contributed by atoms with Crippen LogP contribution in [-0.4, -0.2) is 10.0 Å². The maximum absolute atomic E-state index is 10.3. The molecule has 0 fully saturated rings. The molecular formula is C7H5BrNO3. The van der Waals surface area contributed by atoms with E-state index in [0.29, 0.717) is 5.56 Å². The van der Waals surface area contributed by atoms with Crippen molar-refractivity contribution in [1.82, 2.24) is 0 Å². The number of aromatic hydroxyl groups is 1. The number of nitro groups is 1. The lowest BCUT2D eigenvalue weighted by atomic mass is 10.2. The van der Waals surface area contributed by atoms with Crippen molar-refractivity contribution in [2.45, 2.75) is 0 Å². The minimum atomic E-state index is -0.514. The summed E-state index contributed by atoms with van der Waals surface area (Å²) in [6.07, 6.45) is 0. The van der Waals surface area contributed by atoms with E-state index < -0.39 is 4.92 Å². The number of hydrogen-bond acceptors (Lipinski definition) is 3. The molecule has 0 aliphatic rings. The zero-order chi connectivity index (χ0) is 9.14. The summed E-state index contributed by atoms with van der Waals surface area (Å²) in [6.45, 7) is 0. The largest absolute Gasteiger partial charge is 0.508 e. The van der Waals surface area contributed by atoms with Gasteiger partial charge in [-0.3, -0.25) is 10.1 Å². The lowest BCUT2D eigenvalue weighted by Crippen LogP contribution is -1.88. The van der Waals surface area contributed by atoms with Crippen molar-refractivity contribution in [3.05, 3.63) is 39.2 Å². The third-order valence-electron chi connectivity index (χ3n) is 1.34. The van der Waals surface area contributed by atoms with Gasteiger partial charge >= 0.3 is 0 Å². The van der Waals surface area contributed by atoms with E-state index in [-0.39, 0.29) is 11.4 Å². The molecule has 1 rings (SSSR count). The summed E-state index contributed by atoms with van der Waals surface area (Å²) in [4.78, 5) is 9.76. The number of nitro benzene ring substituents is 1. The van der Waals surface area contributed by atoms with Crippen LogP contribution >= 0.6 is 15.9 Å². The number of non-ortho nitro benzene ring substituents is 1. The van der Waals surface area contributed by atoms with Gasteiger partial charge in [-0.05, 0) is 6.07 Å².